The lowest BCUT2D eigenvalue weighted by molar-refractivity contribution is -0.142. The quantitative estimate of drug-likeness (QED) is 0.235. The van der Waals surface area contributed by atoms with E-state index in [0.29, 0.717) is 18.4 Å². The highest BCUT2D eigenvalue weighted by molar-refractivity contribution is 5.90. The summed E-state index contributed by atoms with van der Waals surface area (Å²) in [6, 6.07) is 0. The summed E-state index contributed by atoms with van der Waals surface area (Å²) in [6.45, 7) is 8.70. The first-order valence-electron chi connectivity index (χ1n) is 10.0. The number of carbonyl (C=O) groups excluding carboxylic acids is 3. The number of fused-ring (bicyclic) bond motifs is 2. The number of hydrogen-bond acceptors (Lipinski definition) is 8. The highest BCUT2D eigenvalue weighted by atomic mass is 16.7. The third-order valence-corrected chi connectivity index (χ3v) is 5.70. The summed E-state index contributed by atoms with van der Waals surface area (Å²) < 4.78 is 21.7. The number of carbonyl (C=O) groups is 3. The van der Waals surface area contributed by atoms with Crippen molar-refractivity contribution in [3.63, 3.8) is 0 Å². The van der Waals surface area contributed by atoms with Crippen LogP contribution in [0.4, 0.5) is 0 Å². The molecule has 1 aliphatic carbocycles. The van der Waals surface area contributed by atoms with E-state index in [1.165, 1.54) is 13.0 Å². The van der Waals surface area contributed by atoms with Crippen LogP contribution < -0.4 is 0 Å². The molecule has 5 atom stereocenters. The molecule has 0 aromatic carbocycles. The van der Waals surface area contributed by atoms with Crippen molar-refractivity contribution in [1.82, 2.24) is 0 Å². The number of epoxide rings is 1. The maximum absolute atomic E-state index is 12.1. The number of allylic oxidation sites excluding steroid dienone is 1. The van der Waals surface area contributed by atoms with Gasteiger partial charge < -0.3 is 24.1 Å². The summed E-state index contributed by atoms with van der Waals surface area (Å²) in [5.41, 5.74) is 0.837. The average Bonchev–Trinajstić information content (AvgIpc) is 3.32. The van der Waals surface area contributed by atoms with Crippen molar-refractivity contribution in [2.45, 2.75) is 63.9 Å². The molecule has 0 aromatic heterocycles. The van der Waals surface area contributed by atoms with E-state index in [1.807, 2.05) is 6.08 Å². The second-order valence-electron chi connectivity index (χ2n) is 8.30. The van der Waals surface area contributed by atoms with Gasteiger partial charge in [-0.15, -0.1) is 0 Å². The SMILES string of the molecule is C=C1C(=O)O[C@H]2C/C(COC(C)=O)=C\C[C@@H]3O[C@]3(COC(=O)C=C(C)C)[C@H](O)C[C@H]12. The zero-order chi connectivity index (χ0) is 22.1. The van der Waals surface area contributed by atoms with Gasteiger partial charge in [0.15, 0.2) is 5.60 Å². The third-order valence-electron chi connectivity index (χ3n) is 5.70. The number of esters is 3. The van der Waals surface area contributed by atoms with E-state index >= 15 is 0 Å². The lowest BCUT2D eigenvalue weighted by Gasteiger charge is -2.26. The number of ether oxygens (including phenoxy) is 4. The van der Waals surface area contributed by atoms with Gasteiger partial charge >= 0.3 is 17.9 Å². The molecule has 3 rings (SSSR count). The summed E-state index contributed by atoms with van der Waals surface area (Å²) in [5.74, 6) is -1.83. The van der Waals surface area contributed by atoms with Crippen LogP contribution in [0.5, 0.6) is 0 Å². The Morgan fingerprint density at radius 3 is 2.73 bits per heavy atom. The standard InChI is InChI=1S/C22H28O8/c1-12(2)7-20(25)28-11-22-18(24)9-16-13(3)21(26)29-17(16)8-15(10-27-14(4)23)5-6-19(22)30-22/h5,7,16-19,24H,3,6,8-11H2,1-2,4H3/b15-5+/t16-,17+,18-,19+,22-/m1/s1. The minimum Gasteiger partial charge on any atom is -0.461 e. The van der Waals surface area contributed by atoms with E-state index in [9.17, 15) is 19.5 Å². The van der Waals surface area contributed by atoms with Gasteiger partial charge in [0, 0.05) is 30.9 Å². The Morgan fingerprint density at radius 2 is 2.07 bits per heavy atom. The molecule has 2 saturated heterocycles. The number of aliphatic hydroxyl groups is 1. The van der Waals surface area contributed by atoms with Gasteiger partial charge in [-0.05, 0) is 32.3 Å². The molecule has 0 saturated carbocycles. The Balaban J connectivity index is 1.81. The smallest absolute Gasteiger partial charge is 0.334 e. The Bertz CT molecular complexity index is 806. The Hall–Kier alpha value is -2.45. The normalized spacial score (nSPS) is 34.5. The molecule has 0 unspecified atom stereocenters. The van der Waals surface area contributed by atoms with Crippen LogP contribution in [0.3, 0.4) is 0 Å². The molecule has 0 spiro atoms. The molecule has 30 heavy (non-hydrogen) atoms. The number of aliphatic hydroxyl groups excluding tert-OH is 1. The molecule has 8 heteroatoms. The summed E-state index contributed by atoms with van der Waals surface area (Å²) >= 11 is 0. The molecule has 0 aromatic rings. The van der Waals surface area contributed by atoms with Crippen LogP contribution in [0.25, 0.3) is 0 Å². The Morgan fingerprint density at radius 1 is 1.33 bits per heavy atom. The fourth-order valence-electron chi connectivity index (χ4n) is 3.97. The maximum Gasteiger partial charge on any atom is 0.334 e. The van der Waals surface area contributed by atoms with E-state index in [4.69, 9.17) is 18.9 Å². The van der Waals surface area contributed by atoms with E-state index in [2.05, 4.69) is 6.58 Å². The van der Waals surface area contributed by atoms with Crippen molar-refractivity contribution in [3.05, 3.63) is 35.5 Å². The van der Waals surface area contributed by atoms with E-state index in [1.54, 1.807) is 13.8 Å². The Kier molecular flexibility index (Phi) is 6.47. The van der Waals surface area contributed by atoms with Crippen LogP contribution in [0, 0.1) is 5.92 Å². The van der Waals surface area contributed by atoms with E-state index < -0.39 is 41.6 Å². The van der Waals surface area contributed by atoms with Crippen molar-refractivity contribution >= 4 is 17.9 Å². The molecule has 0 bridgehead atoms. The number of hydrogen-bond donors (Lipinski definition) is 1. The second-order valence-corrected chi connectivity index (χ2v) is 8.30. The zero-order valence-corrected chi connectivity index (χ0v) is 17.5. The molecule has 2 aliphatic heterocycles. The maximum atomic E-state index is 12.1. The molecular formula is C22H28O8. The van der Waals surface area contributed by atoms with Crippen molar-refractivity contribution in [1.29, 1.82) is 0 Å². The van der Waals surface area contributed by atoms with Gasteiger partial charge in [-0.3, -0.25) is 4.79 Å². The molecule has 2 fully saturated rings. The van der Waals surface area contributed by atoms with Crippen molar-refractivity contribution in [2.75, 3.05) is 13.2 Å². The van der Waals surface area contributed by atoms with Crippen LogP contribution in [0.15, 0.2) is 35.5 Å². The number of rotatable bonds is 5. The Labute approximate surface area is 175 Å². The molecule has 1 N–H and O–H groups in total. The molecular weight excluding hydrogens is 392 g/mol. The first kappa shape index (κ1) is 22.2. The molecule has 164 valence electrons. The molecule has 8 nitrogen and oxygen atoms in total. The predicted molar refractivity (Wildman–Crippen MR) is 105 cm³/mol. The highest BCUT2D eigenvalue weighted by Gasteiger charge is 2.62. The lowest BCUT2D eigenvalue weighted by atomic mass is 9.82. The fourth-order valence-corrected chi connectivity index (χ4v) is 3.97. The van der Waals surface area contributed by atoms with Gasteiger partial charge in [0.05, 0.1) is 12.2 Å². The van der Waals surface area contributed by atoms with Gasteiger partial charge in [0.1, 0.15) is 19.3 Å². The first-order valence-corrected chi connectivity index (χ1v) is 10.0. The summed E-state index contributed by atoms with van der Waals surface area (Å²) in [7, 11) is 0. The van der Waals surface area contributed by atoms with Crippen LogP contribution >= 0.6 is 0 Å². The fraction of sp³-hybridized carbons (Fsp3) is 0.591. The van der Waals surface area contributed by atoms with Crippen LogP contribution in [-0.4, -0.2) is 60.1 Å². The predicted octanol–water partition coefficient (Wildman–Crippen LogP) is 1.77. The van der Waals surface area contributed by atoms with Crippen molar-refractivity contribution in [2.24, 2.45) is 5.92 Å². The minimum absolute atomic E-state index is 0.0837. The minimum atomic E-state index is -1.05. The molecule has 0 radical (unpaired) electrons. The molecule has 0 amide bonds. The van der Waals surface area contributed by atoms with Crippen molar-refractivity contribution < 1.29 is 38.4 Å². The second kappa shape index (κ2) is 8.73. The van der Waals surface area contributed by atoms with Crippen LogP contribution in [0.2, 0.25) is 0 Å². The largest absolute Gasteiger partial charge is 0.461 e. The van der Waals surface area contributed by atoms with E-state index in [-0.39, 0.29) is 25.7 Å². The third kappa shape index (κ3) is 4.82. The topological polar surface area (TPSA) is 112 Å². The summed E-state index contributed by atoms with van der Waals surface area (Å²) in [5, 5.41) is 10.9. The van der Waals surface area contributed by atoms with Gasteiger partial charge in [0.2, 0.25) is 0 Å². The lowest BCUT2D eigenvalue weighted by Crippen LogP contribution is -2.40. The van der Waals surface area contributed by atoms with Gasteiger partial charge in [-0.1, -0.05) is 18.2 Å². The molecule has 3 aliphatic rings. The first-order chi connectivity index (χ1) is 14.1. The molecule has 2 heterocycles. The zero-order valence-electron chi connectivity index (χ0n) is 17.5. The van der Waals surface area contributed by atoms with Crippen molar-refractivity contribution in [3.8, 4) is 0 Å². The summed E-state index contributed by atoms with van der Waals surface area (Å²) in [4.78, 5) is 35.3. The van der Waals surface area contributed by atoms with Gasteiger partial charge in [-0.2, -0.15) is 0 Å². The average molecular weight is 420 g/mol. The van der Waals surface area contributed by atoms with Gasteiger partial charge in [-0.25, -0.2) is 9.59 Å². The van der Waals surface area contributed by atoms with E-state index in [0.717, 1.165) is 11.1 Å². The highest BCUT2D eigenvalue weighted by Crippen LogP contribution is 2.47. The monoisotopic (exact) mass is 420 g/mol. The van der Waals surface area contributed by atoms with Crippen LogP contribution in [-0.2, 0) is 33.3 Å². The van der Waals surface area contributed by atoms with Gasteiger partial charge in [0.25, 0.3) is 0 Å². The summed E-state index contributed by atoms with van der Waals surface area (Å²) in [6.07, 6.45) is 2.42. The van der Waals surface area contributed by atoms with Crippen LogP contribution in [0.1, 0.15) is 40.0 Å².